The van der Waals surface area contributed by atoms with Crippen LogP contribution < -0.4 is 15.8 Å². The van der Waals surface area contributed by atoms with Crippen LogP contribution in [-0.4, -0.2) is 53.1 Å². The van der Waals surface area contributed by atoms with E-state index in [9.17, 15) is 33.1 Å². The molecule has 1 fully saturated rings. The number of aromatic amines is 1. The van der Waals surface area contributed by atoms with Crippen LogP contribution in [0.25, 0.3) is 11.1 Å². The molecule has 3 aromatic rings. The number of H-pyrrole nitrogens is 1. The Labute approximate surface area is 231 Å². The van der Waals surface area contributed by atoms with Crippen LogP contribution in [0.4, 0.5) is 28.9 Å². The Hall–Kier alpha value is -4.08. The van der Waals surface area contributed by atoms with E-state index in [1.807, 2.05) is 25.8 Å². The number of hydrogen-bond donors (Lipinski definition) is 3. The third-order valence-corrected chi connectivity index (χ3v) is 7.29. The van der Waals surface area contributed by atoms with Crippen molar-refractivity contribution in [1.82, 2.24) is 9.88 Å². The number of nitrogens with one attached hydrogen (secondary N) is 2. The monoisotopic (exact) mass is 577 g/mol. The number of halogens is 5. The molecule has 8 nitrogen and oxygen atoms in total. The molecule has 210 valence electrons. The highest BCUT2D eigenvalue weighted by atomic mass is 35.5. The highest BCUT2D eigenvalue weighted by Crippen LogP contribution is 2.39. The van der Waals surface area contributed by atoms with Gasteiger partial charge in [-0.2, -0.15) is 18.4 Å². The molecule has 2 atom stereocenters. The number of phenolic OH excluding ortho intramolecular Hbond substituents is 1. The third-order valence-electron chi connectivity index (χ3n) is 7.00. The van der Waals surface area contributed by atoms with Crippen LogP contribution in [0.5, 0.6) is 5.75 Å². The fourth-order valence-corrected chi connectivity index (χ4v) is 4.89. The molecular weight excluding hydrogens is 554 g/mol. The largest absolute Gasteiger partial charge is 0.505 e. The summed E-state index contributed by atoms with van der Waals surface area (Å²) in [4.78, 5) is 30.8. The number of nitriles is 1. The summed E-state index contributed by atoms with van der Waals surface area (Å²) in [5, 5.41) is 21.6. The summed E-state index contributed by atoms with van der Waals surface area (Å²) >= 11 is 6.03. The normalized spacial score (nSPS) is 17.9. The van der Waals surface area contributed by atoms with Crippen LogP contribution in [0.15, 0.2) is 41.3 Å². The van der Waals surface area contributed by atoms with E-state index in [2.05, 4.69) is 15.2 Å². The second kappa shape index (κ2) is 10.8. The van der Waals surface area contributed by atoms with E-state index in [4.69, 9.17) is 11.6 Å². The molecule has 1 amide bonds. The van der Waals surface area contributed by atoms with Crippen molar-refractivity contribution < 1.29 is 27.5 Å². The maximum atomic E-state index is 15.6. The summed E-state index contributed by atoms with van der Waals surface area (Å²) in [7, 11) is 1.94. The molecule has 0 spiro atoms. The molecule has 2 aromatic carbocycles. The number of rotatable bonds is 4. The Bertz CT molecular complexity index is 1570. The zero-order valence-corrected chi connectivity index (χ0v) is 22.3. The summed E-state index contributed by atoms with van der Waals surface area (Å²) in [5.74, 6) is -2.42. The van der Waals surface area contributed by atoms with Gasteiger partial charge in [0.25, 0.3) is 5.91 Å². The Kier molecular flexibility index (Phi) is 7.83. The Morgan fingerprint density at radius 3 is 2.42 bits per heavy atom. The first-order valence-corrected chi connectivity index (χ1v) is 12.4. The van der Waals surface area contributed by atoms with Gasteiger partial charge >= 0.3 is 6.18 Å². The first kappa shape index (κ1) is 28.9. The molecule has 40 heavy (non-hydrogen) atoms. The van der Waals surface area contributed by atoms with Crippen LogP contribution in [0.2, 0.25) is 5.02 Å². The first-order chi connectivity index (χ1) is 18.7. The van der Waals surface area contributed by atoms with Crippen molar-refractivity contribution in [3.63, 3.8) is 0 Å². The molecule has 13 heteroatoms. The molecule has 4 rings (SSSR count). The number of pyridine rings is 1. The predicted octanol–water partition coefficient (Wildman–Crippen LogP) is 5.21. The lowest BCUT2D eigenvalue weighted by atomic mass is 9.99. The van der Waals surface area contributed by atoms with E-state index >= 15 is 4.39 Å². The van der Waals surface area contributed by atoms with E-state index in [1.54, 1.807) is 6.07 Å². The molecule has 1 aliphatic rings. The minimum Gasteiger partial charge on any atom is -0.505 e. The van der Waals surface area contributed by atoms with Crippen molar-refractivity contribution in [2.45, 2.75) is 32.1 Å². The summed E-state index contributed by atoms with van der Waals surface area (Å²) < 4.78 is 56.5. The lowest BCUT2D eigenvalue weighted by molar-refractivity contribution is -0.138. The number of nitrogens with zero attached hydrogens (tertiary/aromatic N) is 3. The topological polar surface area (TPSA) is 112 Å². The zero-order valence-electron chi connectivity index (χ0n) is 21.5. The number of likely N-dealkylation sites (N-methyl/N-ethyl adjacent to an activating group) is 1. The van der Waals surface area contributed by atoms with Crippen molar-refractivity contribution in [1.29, 1.82) is 5.26 Å². The number of amides is 1. The fourth-order valence-electron chi connectivity index (χ4n) is 4.67. The standard InChI is InChI=1S/C27H24ClF4N5O3/c1-13-11-37(12-14(2)36(13)3)23-8-21(29)17(15-4-16(9-33)25(39)20(28)5-15)6-22(23)35-26(40)18-10-34-24(38)7-19(18)27(30,31)32/h4-8,10,13-14,39H,11-12H2,1-3H3,(H,34,38)(H,35,40)/t13-,14+. The number of anilines is 2. The third kappa shape index (κ3) is 5.61. The average molecular weight is 578 g/mol. The number of carbonyl (C=O) groups is 1. The van der Waals surface area contributed by atoms with E-state index in [-0.39, 0.29) is 51.2 Å². The molecule has 0 radical (unpaired) electrons. The van der Waals surface area contributed by atoms with E-state index in [0.29, 0.717) is 19.3 Å². The molecule has 1 aromatic heterocycles. The molecule has 3 N–H and O–H groups in total. The first-order valence-electron chi connectivity index (χ1n) is 12.1. The number of benzene rings is 2. The minimum atomic E-state index is -4.99. The lowest BCUT2D eigenvalue weighted by Crippen LogP contribution is -2.55. The summed E-state index contributed by atoms with van der Waals surface area (Å²) in [6.45, 7) is 4.78. The maximum absolute atomic E-state index is 15.6. The number of carbonyl (C=O) groups excluding carboxylic acids is 1. The highest BCUT2D eigenvalue weighted by molar-refractivity contribution is 6.32. The van der Waals surface area contributed by atoms with Crippen molar-refractivity contribution in [3.05, 3.63) is 74.4 Å². The summed E-state index contributed by atoms with van der Waals surface area (Å²) in [5.41, 5.74) is -3.32. The number of hydrogen-bond acceptors (Lipinski definition) is 6. The van der Waals surface area contributed by atoms with E-state index in [1.165, 1.54) is 18.2 Å². The highest BCUT2D eigenvalue weighted by Gasteiger charge is 2.36. The zero-order chi connectivity index (χ0) is 29.5. The quantitative estimate of drug-likeness (QED) is 0.367. The van der Waals surface area contributed by atoms with Crippen molar-refractivity contribution in [3.8, 4) is 22.9 Å². The Morgan fingerprint density at radius 1 is 1.18 bits per heavy atom. The Morgan fingerprint density at radius 2 is 1.82 bits per heavy atom. The van der Waals surface area contributed by atoms with E-state index < -0.39 is 40.3 Å². The number of phenols is 1. The lowest BCUT2D eigenvalue weighted by Gasteiger charge is -2.44. The van der Waals surface area contributed by atoms with Gasteiger partial charge in [-0.05, 0) is 50.7 Å². The molecule has 0 bridgehead atoms. The van der Waals surface area contributed by atoms with Crippen LogP contribution in [0.3, 0.4) is 0 Å². The molecule has 1 aliphatic heterocycles. The molecule has 1 saturated heterocycles. The van der Waals surface area contributed by atoms with Gasteiger partial charge < -0.3 is 20.3 Å². The second-order valence-electron chi connectivity index (χ2n) is 9.66. The van der Waals surface area contributed by atoms with Gasteiger partial charge in [0, 0.05) is 43.0 Å². The van der Waals surface area contributed by atoms with Crippen molar-refractivity contribution in [2.24, 2.45) is 0 Å². The van der Waals surface area contributed by atoms with Crippen LogP contribution in [0.1, 0.15) is 35.3 Å². The molecule has 0 saturated carbocycles. The van der Waals surface area contributed by atoms with Crippen molar-refractivity contribution >= 4 is 28.9 Å². The van der Waals surface area contributed by atoms with Crippen LogP contribution in [0, 0.1) is 17.1 Å². The average Bonchev–Trinajstić information content (AvgIpc) is 2.88. The molecule has 2 heterocycles. The minimum absolute atomic E-state index is 0.00705. The SMILES string of the molecule is C[C@@H]1CN(c2cc(F)c(-c3cc(Cl)c(O)c(C#N)c3)cc2NC(=O)c2c[nH]c(=O)cc2C(F)(F)F)C[C@H](C)N1C. The van der Waals surface area contributed by atoms with Gasteiger partial charge in [0.2, 0.25) is 5.56 Å². The van der Waals surface area contributed by atoms with Gasteiger partial charge in [0.1, 0.15) is 11.9 Å². The number of alkyl halides is 3. The Balaban J connectivity index is 1.87. The van der Waals surface area contributed by atoms with Gasteiger partial charge in [0.05, 0.1) is 33.1 Å². The second-order valence-corrected chi connectivity index (χ2v) is 10.1. The van der Waals surface area contributed by atoms with Gasteiger partial charge in [-0.3, -0.25) is 14.5 Å². The maximum Gasteiger partial charge on any atom is 0.417 e. The van der Waals surface area contributed by atoms with Gasteiger partial charge in [-0.15, -0.1) is 0 Å². The predicted molar refractivity (Wildman–Crippen MR) is 142 cm³/mol. The summed E-state index contributed by atoms with van der Waals surface area (Å²) in [6.07, 6.45) is -4.32. The molecule has 0 aliphatic carbocycles. The van der Waals surface area contributed by atoms with Gasteiger partial charge in [0.15, 0.2) is 5.75 Å². The summed E-state index contributed by atoms with van der Waals surface area (Å²) in [6, 6.07) is 6.92. The molecule has 0 unspecified atom stereocenters. The van der Waals surface area contributed by atoms with Gasteiger partial charge in [-0.1, -0.05) is 11.6 Å². The smallest absolute Gasteiger partial charge is 0.417 e. The van der Waals surface area contributed by atoms with Crippen LogP contribution >= 0.6 is 11.6 Å². The van der Waals surface area contributed by atoms with E-state index in [0.717, 1.165) is 6.07 Å². The van der Waals surface area contributed by atoms with Crippen LogP contribution in [-0.2, 0) is 6.18 Å². The van der Waals surface area contributed by atoms with Crippen molar-refractivity contribution in [2.75, 3.05) is 30.4 Å². The number of aromatic nitrogens is 1. The number of aromatic hydroxyl groups is 1. The van der Waals surface area contributed by atoms with Gasteiger partial charge in [-0.25, -0.2) is 4.39 Å². The number of piperazine rings is 1. The fraction of sp³-hybridized carbons (Fsp3) is 0.296. The molecular formula is C27H24ClF4N5O3.